The van der Waals surface area contributed by atoms with Gasteiger partial charge in [-0.1, -0.05) is 54.6 Å². The zero-order valence-electron chi connectivity index (χ0n) is 12.3. The summed E-state index contributed by atoms with van der Waals surface area (Å²) in [5, 5.41) is 0.810. The summed E-state index contributed by atoms with van der Waals surface area (Å²) in [4.78, 5) is 17.0. The number of rotatable bonds is 3. The van der Waals surface area contributed by atoms with Crippen LogP contribution >= 0.6 is 0 Å². The first-order valence-electron chi connectivity index (χ1n) is 7.09. The number of hydrogen-bond donors (Lipinski definition) is 1. The molecule has 0 fully saturated rings. The molecule has 0 unspecified atom stereocenters. The molecule has 0 spiro atoms. The van der Waals surface area contributed by atoms with Crippen LogP contribution in [-0.2, 0) is 0 Å². The van der Waals surface area contributed by atoms with E-state index in [4.69, 9.17) is 5.73 Å². The van der Waals surface area contributed by atoms with E-state index >= 15 is 0 Å². The van der Waals surface area contributed by atoms with Crippen molar-refractivity contribution in [3.05, 3.63) is 77.5 Å². The molecule has 0 radical (unpaired) electrons. The molecule has 2 N–H and O–H groups in total. The van der Waals surface area contributed by atoms with Gasteiger partial charge in [0.15, 0.2) is 5.78 Å². The van der Waals surface area contributed by atoms with Crippen LogP contribution in [0.5, 0.6) is 0 Å². The molecule has 3 rings (SSSR count). The molecule has 108 valence electrons. The number of nitrogens with two attached hydrogens (primary N) is 1. The summed E-state index contributed by atoms with van der Waals surface area (Å²) < 4.78 is 0. The SMILES string of the molecule is Cc1nc2ccccc2c(N)c1C(=O)/C=C/c1ccccc1. The molecule has 1 aromatic heterocycles. The zero-order valence-corrected chi connectivity index (χ0v) is 12.3. The number of pyridine rings is 1. The van der Waals surface area contributed by atoms with Crippen molar-refractivity contribution in [2.75, 3.05) is 5.73 Å². The van der Waals surface area contributed by atoms with Crippen LogP contribution in [0.4, 0.5) is 5.69 Å². The number of nitrogen functional groups attached to an aromatic ring is 1. The molecule has 0 bridgehead atoms. The van der Waals surface area contributed by atoms with Crippen LogP contribution in [-0.4, -0.2) is 10.8 Å². The highest BCUT2D eigenvalue weighted by Gasteiger charge is 2.14. The van der Waals surface area contributed by atoms with Crippen molar-refractivity contribution in [1.29, 1.82) is 0 Å². The monoisotopic (exact) mass is 288 g/mol. The molecule has 22 heavy (non-hydrogen) atoms. The molecular weight excluding hydrogens is 272 g/mol. The van der Waals surface area contributed by atoms with Gasteiger partial charge in [0.2, 0.25) is 0 Å². The van der Waals surface area contributed by atoms with Crippen LogP contribution in [0, 0.1) is 6.92 Å². The van der Waals surface area contributed by atoms with Gasteiger partial charge in [-0.25, -0.2) is 0 Å². The third-order valence-electron chi connectivity index (χ3n) is 3.59. The Kier molecular flexibility index (Phi) is 3.71. The first-order valence-corrected chi connectivity index (χ1v) is 7.09. The number of aromatic nitrogens is 1. The van der Waals surface area contributed by atoms with Crippen molar-refractivity contribution >= 4 is 28.4 Å². The van der Waals surface area contributed by atoms with E-state index in [1.807, 2.05) is 61.5 Å². The lowest BCUT2D eigenvalue weighted by molar-refractivity contribution is 0.104. The van der Waals surface area contributed by atoms with Crippen molar-refractivity contribution in [1.82, 2.24) is 4.98 Å². The normalized spacial score (nSPS) is 11.1. The van der Waals surface area contributed by atoms with E-state index in [1.54, 1.807) is 12.2 Å². The van der Waals surface area contributed by atoms with Crippen LogP contribution in [0.2, 0.25) is 0 Å². The smallest absolute Gasteiger partial charge is 0.189 e. The number of para-hydroxylation sites is 1. The van der Waals surface area contributed by atoms with Gasteiger partial charge in [-0.3, -0.25) is 9.78 Å². The number of aryl methyl sites for hydroxylation is 1. The van der Waals surface area contributed by atoms with Crippen LogP contribution in [0.25, 0.3) is 17.0 Å². The molecule has 2 aromatic carbocycles. The Morgan fingerprint density at radius 1 is 1.05 bits per heavy atom. The van der Waals surface area contributed by atoms with Gasteiger partial charge in [0.1, 0.15) is 0 Å². The minimum Gasteiger partial charge on any atom is -0.398 e. The topological polar surface area (TPSA) is 56.0 Å². The summed E-state index contributed by atoms with van der Waals surface area (Å²) in [6.07, 6.45) is 3.33. The van der Waals surface area contributed by atoms with E-state index in [0.29, 0.717) is 16.9 Å². The second-order valence-electron chi connectivity index (χ2n) is 5.11. The van der Waals surface area contributed by atoms with Gasteiger partial charge in [0.05, 0.1) is 22.5 Å². The Bertz CT molecular complexity index is 867. The van der Waals surface area contributed by atoms with Crippen LogP contribution in [0.3, 0.4) is 0 Å². The highest BCUT2D eigenvalue weighted by atomic mass is 16.1. The quantitative estimate of drug-likeness (QED) is 0.585. The largest absolute Gasteiger partial charge is 0.398 e. The maximum Gasteiger partial charge on any atom is 0.189 e. The molecule has 0 aliphatic carbocycles. The number of carbonyl (C=O) groups is 1. The molecule has 3 nitrogen and oxygen atoms in total. The third kappa shape index (κ3) is 2.61. The summed E-state index contributed by atoms with van der Waals surface area (Å²) in [5.41, 5.74) is 9.60. The molecule has 3 aromatic rings. The third-order valence-corrected chi connectivity index (χ3v) is 3.59. The fourth-order valence-electron chi connectivity index (χ4n) is 2.50. The van der Waals surface area contributed by atoms with Crippen molar-refractivity contribution in [2.45, 2.75) is 6.92 Å². The van der Waals surface area contributed by atoms with Crippen LogP contribution in [0.1, 0.15) is 21.6 Å². The molecule has 1 heterocycles. The van der Waals surface area contributed by atoms with Gasteiger partial charge in [-0.15, -0.1) is 0 Å². The van der Waals surface area contributed by atoms with Crippen LogP contribution < -0.4 is 5.73 Å². The Hall–Kier alpha value is -2.94. The number of carbonyl (C=O) groups excluding carboxylic acids is 1. The van der Waals surface area contributed by atoms with Crippen molar-refractivity contribution in [3.63, 3.8) is 0 Å². The standard InChI is InChI=1S/C19H16N2O/c1-13-18(17(22)12-11-14-7-3-2-4-8-14)19(20)15-9-5-6-10-16(15)21-13/h2-12H,1H3,(H2,20,21)/b12-11+. The Balaban J connectivity index is 2.02. The number of hydrogen-bond acceptors (Lipinski definition) is 3. The average molecular weight is 288 g/mol. The van der Waals surface area contributed by atoms with Crippen molar-refractivity contribution in [2.24, 2.45) is 0 Å². The highest BCUT2D eigenvalue weighted by molar-refractivity contribution is 6.14. The lowest BCUT2D eigenvalue weighted by Gasteiger charge is -2.09. The summed E-state index contributed by atoms with van der Waals surface area (Å²) in [6.45, 7) is 1.81. The number of ketones is 1. The molecule has 0 aliphatic heterocycles. The lowest BCUT2D eigenvalue weighted by atomic mass is 10.0. The van der Waals surface area contributed by atoms with Gasteiger partial charge in [-0.05, 0) is 24.6 Å². The zero-order chi connectivity index (χ0) is 15.5. The predicted molar refractivity (Wildman–Crippen MR) is 90.7 cm³/mol. The van der Waals surface area contributed by atoms with Gasteiger partial charge in [0.25, 0.3) is 0 Å². The van der Waals surface area contributed by atoms with Crippen LogP contribution in [0.15, 0.2) is 60.7 Å². The molecule has 3 heteroatoms. The average Bonchev–Trinajstić information content (AvgIpc) is 2.54. The van der Waals surface area contributed by atoms with Gasteiger partial charge < -0.3 is 5.73 Å². The van der Waals surface area contributed by atoms with E-state index in [9.17, 15) is 4.79 Å². The second kappa shape index (κ2) is 5.82. The summed E-state index contributed by atoms with van der Waals surface area (Å²) >= 11 is 0. The highest BCUT2D eigenvalue weighted by Crippen LogP contribution is 2.26. The fourth-order valence-corrected chi connectivity index (χ4v) is 2.50. The van der Waals surface area contributed by atoms with Gasteiger partial charge in [0, 0.05) is 5.39 Å². The number of nitrogens with zero attached hydrogens (tertiary/aromatic N) is 1. The predicted octanol–water partition coefficient (Wildman–Crippen LogP) is 4.02. The number of allylic oxidation sites excluding steroid dienone is 1. The number of benzene rings is 2. The molecule has 0 saturated carbocycles. The molecule has 0 saturated heterocycles. The summed E-state index contributed by atoms with van der Waals surface area (Å²) in [7, 11) is 0. The maximum absolute atomic E-state index is 12.5. The first-order chi connectivity index (χ1) is 10.7. The molecule has 0 atom stereocenters. The Morgan fingerprint density at radius 2 is 1.73 bits per heavy atom. The second-order valence-corrected chi connectivity index (χ2v) is 5.11. The van der Waals surface area contributed by atoms with Crippen molar-refractivity contribution < 1.29 is 4.79 Å². The molecule has 0 amide bonds. The first kappa shape index (κ1) is 14.0. The van der Waals surface area contributed by atoms with E-state index in [1.165, 1.54) is 0 Å². The van der Waals surface area contributed by atoms with Gasteiger partial charge in [-0.2, -0.15) is 0 Å². The molecular formula is C19H16N2O. The van der Waals surface area contributed by atoms with E-state index in [2.05, 4.69) is 4.98 Å². The Morgan fingerprint density at radius 3 is 2.50 bits per heavy atom. The van der Waals surface area contributed by atoms with Gasteiger partial charge >= 0.3 is 0 Å². The summed E-state index contributed by atoms with van der Waals surface area (Å²) in [6, 6.07) is 17.3. The van der Waals surface area contributed by atoms with E-state index in [0.717, 1.165) is 16.5 Å². The summed E-state index contributed by atoms with van der Waals surface area (Å²) in [5.74, 6) is -0.128. The lowest BCUT2D eigenvalue weighted by Crippen LogP contribution is -2.06. The number of anilines is 1. The maximum atomic E-state index is 12.5. The van der Waals surface area contributed by atoms with E-state index in [-0.39, 0.29) is 5.78 Å². The van der Waals surface area contributed by atoms with E-state index < -0.39 is 0 Å². The Labute approximate surface area is 129 Å². The minimum absolute atomic E-state index is 0.128. The fraction of sp³-hybridized carbons (Fsp3) is 0.0526. The van der Waals surface area contributed by atoms with Crippen molar-refractivity contribution in [3.8, 4) is 0 Å². The number of fused-ring (bicyclic) bond motifs is 1. The molecule has 0 aliphatic rings. The minimum atomic E-state index is -0.128.